The minimum atomic E-state index is -0.613. The molecule has 7 heteroatoms. The number of rotatable bonds is 3. The number of fused-ring (bicyclic) bond motifs is 1. The van der Waals surface area contributed by atoms with Gasteiger partial charge in [-0.1, -0.05) is 13.8 Å². The molecule has 1 aromatic heterocycles. The van der Waals surface area contributed by atoms with E-state index in [2.05, 4.69) is 31.3 Å². The number of nitrogens with zero attached hydrogens (tertiary/aromatic N) is 3. The van der Waals surface area contributed by atoms with E-state index >= 15 is 0 Å². The lowest BCUT2D eigenvalue weighted by Gasteiger charge is -2.10. The number of carbonyl (C=O) groups is 1. The van der Waals surface area contributed by atoms with Gasteiger partial charge in [0.05, 0.1) is 5.69 Å². The molecule has 110 valence electrons. The van der Waals surface area contributed by atoms with E-state index in [9.17, 15) is 4.79 Å². The first kappa shape index (κ1) is 14.2. The van der Waals surface area contributed by atoms with Crippen LogP contribution in [0, 0.1) is 0 Å². The zero-order valence-corrected chi connectivity index (χ0v) is 13.4. The maximum atomic E-state index is 11.7. The number of carbonyl (C=O) groups excluding carboxylic acids is 1. The Kier molecular flexibility index (Phi) is 3.54. The van der Waals surface area contributed by atoms with Crippen LogP contribution in [0.4, 0.5) is 5.69 Å². The first-order valence-electron chi connectivity index (χ1n) is 6.90. The summed E-state index contributed by atoms with van der Waals surface area (Å²) in [5.74, 6) is 1.51. The Bertz CT molecular complexity index is 724. The topological polar surface area (TPSA) is 85.8 Å². The second kappa shape index (κ2) is 5.23. The molecular weight excluding hydrogens is 334 g/mol. The number of hydrogen-bond donors (Lipinski definition) is 2. The fraction of sp³-hybridized carbons (Fsp3) is 0.357. The fourth-order valence-electron chi connectivity index (χ4n) is 2.42. The summed E-state index contributed by atoms with van der Waals surface area (Å²) in [6.45, 7) is 4.06. The van der Waals surface area contributed by atoms with Crippen LogP contribution in [0.2, 0.25) is 0 Å². The molecular formula is C14H16BrN5O. The molecule has 0 saturated carbocycles. The van der Waals surface area contributed by atoms with Crippen LogP contribution in [0.15, 0.2) is 16.6 Å². The Hall–Kier alpha value is -1.73. The van der Waals surface area contributed by atoms with Gasteiger partial charge in [-0.2, -0.15) is 5.10 Å². The molecule has 0 fully saturated rings. The molecule has 1 aromatic carbocycles. The quantitative estimate of drug-likeness (QED) is 0.888. The molecule has 0 bridgehead atoms. The second-order valence-electron chi connectivity index (χ2n) is 4.92. The lowest BCUT2D eigenvalue weighted by Crippen LogP contribution is -2.19. The predicted molar refractivity (Wildman–Crippen MR) is 83.4 cm³/mol. The number of anilines is 1. The van der Waals surface area contributed by atoms with Gasteiger partial charge in [0.15, 0.2) is 5.82 Å². The first-order chi connectivity index (χ1) is 10.0. The van der Waals surface area contributed by atoms with Crippen LogP contribution in [0.5, 0.6) is 0 Å². The minimum Gasteiger partial charge on any atom is -0.324 e. The molecule has 0 aliphatic carbocycles. The van der Waals surface area contributed by atoms with Crippen molar-refractivity contribution < 1.29 is 4.79 Å². The van der Waals surface area contributed by atoms with E-state index in [4.69, 9.17) is 5.73 Å². The summed E-state index contributed by atoms with van der Waals surface area (Å²) in [6.07, 6.45) is 1.56. The maximum absolute atomic E-state index is 11.7. The summed E-state index contributed by atoms with van der Waals surface area (Å²) < 4.78 is 2.66. The summed E-state index contributed by atoms with van der Waals surface area (Å²) in [7, 11) is 0. The molecule has 3 N–H and O–H groups in total. The molecule has 21 heavy (non-hydrogen) atoms. The highest BCUT2D eigenvalue weighted by atomic mass is 79.9. The zero-order valence-electron chi connectivity index (χ0n) is 11.9. The van der Waals surface area contributed by atoms with E-state index < -0.39 is 6.04 Å². The van der Waals surface area contributed by atoms with Gasteiger partial charge >= 0.3 is 0 Å². The summed E-state index contributed by atoms with van der Waals surface area (Å²) in [4.78, 5) is 16.2. The molecule has 1 atom stereocenters. The zero-order chi connectivity index (χ0) is 15.1. The molecule has 0 spiro atoms. The van der Waals surface area contributed by atoms with Crippen molar-refractivity contribution >= 4 is 27.5 Å². The van der Waals surface area contributed by atoms with Crippen LogP contribution in [-0.4, -0.2) is 20.7 Å². The summed E-state index contributed by atoms with van der Waals surface area (Å²) in [5.41, 5.74) is 8.25. The third kappa shape index (κ3) is 2.26. The van der Waals surface area contributed by atoms with E-state index in [-0.39, 0.29) is 5.91 Å². The number of amides is 1. The van der Waals surface area contributed by atoms with Crippen LogP contribution in [0.3, 0.4) is 0 Å². The number of nitrogens with two attached hydrogens (primary N) is 1. The number of benzene rings is 1. The van der Waals surface area contributed by atoms with Crippen LogP contribution >= 0.6 is 15.9 Å². The predicted octanol–water partition coefficient (Wildman–Crippen LogP) is 2.11. The van der Waals surface area contributed by atoms with Gasteiger partial charge in [0.1, 0.15) is 11.9 Å². The van der Waals surface area contributed by atoms with E-state index in [1.807, 2.05) is 30.7 Å². The number of nitrogens with one attached hydrogen (secondary N) is 1. The van der Waals surface area contributed by atoms with Crippen molar-refractivity contribution in [3.63, 3.8) is 0 Å². The fourth-order valence-corrected chi connectivity index (χ4v) is 2.95. The van der Waals surface area contributed by atoms with Crippen molar-refractivity contribution in [2.24, 2.45) is 5.73 Å². The highest BCUT2D eigenvalue weighted by molar-refractivity contribution is 9.10. The highest BCUT2D eigenvalue weighted by Gasteiger charge is 2.28. The van der Waals surface area contributed by atoms with Crippen LogP contribution in [0.25, 0.3) is 5.69 Å². The van der Waals surface area contributed by atoms with Gasteiger partial charge in [0.2, 0.25) is 5.91 Å². The van der Waals surface area contributed by atoms with Gasteiger partial charge in [-0.3, -0.25) is 4.79 Å². The maximum Gasteiger partial charge on any atom is 0.245 e. The molecule has 1 aliphatic rings. The number of halogens is 1. The number of hydrogen-bond acceptors (Lipinski definition) is 4. The Labute approximate surface area is 130 Å². The first-order valence-corrected chi connectivity index (χ1v) is 7.69. The summed E-state index contributed by atoms with van der Waals surface area (Å²) >= 11 is 3.55. The van der Waals surface area contributed by atoms with Crippen molar-refractivity contribution in [3.05, 3.63) is 33.8 Å². The molecule has 0 saturated heterocycles. The van der Waals surface area contributed by atoms with Crippen LogP contribution < -0.4 is 11.1 Å². The van der Waals surface area contributed by atoms with E-state index in [0.717, 1.165) is 45.9 Å². The Balaban J connectivity index is 2.14. The van der Waals surface area contributed by atoms with Crippen molar-refractivity contribution in [2.75, 3.05) is 5.32 Å². The van der Waals surface area contributed by atoms with Crippen molar-refractivity contribution in [1.29, 1.82) is 0 Å². The van der Waals surface area contributed by atoms with Gasteiger partial charge in [-0.15, -0.1) is 0 Å². The van der Waals surface area contributed by atoms with Gasteiger partial charge < -0.3 is 11.1 Å². The van der Waals surface area contributed by atoms with E-state index in [1.54, 1.807) is 0 Å². The number of aryl methyl sites for hydroxylation is 2. The third-order valence-electron chi connectivity index (χ3n) is 3.57. The van der Waals surface area contributed by atoms with Crippen LogP contribution in [-0.2, 0) is 17.6 Å². The van der Waals surface area contributed by atoms with Gasteiger partial charge in [0.25, 0.3) is 0 Å². The summed E-state index contributed by atoms with van der Waals surface area (Å²) in [5, 5.41) is 7.32. The molecule has 0 radical (unpaired) electrons. The van der Waals surface area contributed by atoms with Crippen LogP contribution in [0.1, 0.15) is 37.1 Å². The van der Waals surface area contributed by atoms with Crippen molar-refractivity contribution in [2.45, 2.75) is 32.7 Å². The molecule has 1 aliphatic heterocycles. The van der Waals surface area contributed by atoms with Gasteiger partial charge in [0, 0.05) is 28.6 Å². The molecule has 6 nitrogen and oxygen atoms in total. The number of aromatic nitrogens is 3. The monoisotopic (exact) mass is 349 g/mol. The standard InChI is InChI=1S/C14H16BrN5O/c1-3-11-18-12(4-2)20(19-11)10-6-9-7(5-8(10)15)13(16)14(21)17-9/h5-6,13H,3-4,16H2,1-2H3,(H,17,21). The van der Waals surface area contributed by atoms with E-state index in [0.29, 0.717) is 0 Å². The average Bonchev–Trinajstić information content (AvgIpc) is 3.01. The SMILES string of the molecule is CCc1nc(CC)n(-c2cc3c(cc2Br)C(N)C(=O)N3)n1. The largest absolute Gasteiger partial charge is 0.324 e. The van der Waals surface area contributed by atoms with Gasteiger partial charge in [-0.05, 0) is 28.1 Å². The minimum absolute atomic E-state index is 0.183. The molecule has 2 heterocycles. The molecule has 1 unspecified atom stereocenters. The Morgan fingerprint density at radius 2 is 2.14 bits per heavy atom. The molecule has 1 amide bonds. The lowest BCUT2D eigenvalue weighted by atomic mass is 10.1. The Morgan fingerprint density at radius 1 is 1.38 bits per heavy atom. The Morgan fingerprint density at radius 3 is 2.81 bits per heavy atom. The van der Waals surface area contributed by atoms with Crippen molar-refractivity contribution in [3.8, 4) is 5.69 Å². The second-order valence-corrected chi connectivity index (χ2v) is 5.78. The summed E-state index contributed by atoms with van der Waals surface area (Å²) in [6, 6.07) is 3.15. The average molecular weight is 350 g/mol. The lowest BCUT2D eigenvalue weighted by molar-refractivity contribution is -0.116. The highest BCUT2D eigenvalue weighted by Crippen LogP contribution is 2.35. The van der Waals surface area contributed by atoms with E-state index in [1.165, 1.54) is 0 Å². The smallest absolute Gasteiger partial charge is 0.245 e. The molecule has 3 rings (SSSR count). The van der Waals surface area contributed by atoms with Gasteiger partial charge in [-0.25, -0.2) is 9.67 Å². The normalized spacial score (nSPS) is 17.0. The third-order valence-corrected chi connectivity index (χ3v) is 4.21. The van der Waals surface area contributed by atoms with Crippen molar-refractivity contribution in [1.82, 2.24) is 14.8 Å². The molecule has 2 aromatic rings.